The second-order valence-electron chi connectivity index (χ2n) is 7.75. The van der Waals surface area contributed by atoms with E-state index in [1.807, 2.05) is 12.1 Å². The highest BCUT2D eigenvalue weighted by atomic mass is 16.5. The molecule has 0 bridgehead atoms. The smallest absolute Gasteiger partial charge is 0.130 e. The quantitative estimate of drug-likeness (QED) is 0.625. The second kappa shape index (κ2) is 8.52. The van der Waals surface area contributed by atoms with E-state index in [4.69, 9.17) is 4.74 Å². The molecule has 0 N–H and O–H groups in total. The van der Waals surface area contributed by atoms with Crippen molar-refractivity contribution in [1.29, 1.82) is 0 Å². The van der Waals surface area contributed by atoms with Crippen molar-refractivity contribution in [1.82, 2.24) is 0 Å². The molecule has 1 aliphatic rings. The van der Waals surface area contributed by atoms with Crippen LogP contribution in [-0.4, -0.2) is 12.9 Å². The van der Waals surface area contributed by atoms with Crippen molar-refractivity contribution < 1.29 is 9.53 Å². The largest absolute Gasteiger partial charge is 0.497 e. The molecule has 0 heterocycles. The predicted molar refractivity (Wildman–Crippen MR) is 95.9 cm³/mol. The number of rotatable bonds is 8. The summed E-state index contributed by atoms with van der Waals surface area (Å²) >= 11 is 0. The summed E-state index contributed by atoms with van der Waals surface area (Å²) in [6, 6.07) is 8.35. The Balaban J connectivity index is 1.96. The minimum Gasteiger partial charge on any atom is -0.497 e. The molecule has 1 atom stereocenters. The number of aryl methyl sites for hydroxylation is 1. The zero-order chi connectivity index (χ0) is 16.7. The molecular weight excluding hydrogens is 284 g/mol. The average Bonchev–Trinajstić information content (AvgIpc) is 2.53. The summed E-state index contributed by atoms with van der Waals surface area (Å²) < 4.78 is 5.22. The summed E-state index contributed by atoms with van der Waals surface area (Å²) in [5, 5.41) is 0. The minimum absolute atomic E-state index is 0.147. The van der Waals surface area contributed by atoms with E-state index in [1.54, 1.807) is 14.0 Å². The van der Waals surface area contributed by atoms with Crippen molar-refractivity contribution in [3.05, 3.63) is 29.8 Å². The third kappa shape index (κ3) is 6.01. The van der Waals surface area contributed by atoms with Gasteiger partial charge in [0.1, 0.15) is 11.5 Å². The number of carbonyl (C=O) groups excluding carboxylic acids is 1. The van der Waals surface area contributed by atoms with Gasteiger partial charge in [0.15, 0.2) is 0 Å². The number of Topliss-reactive ketones (excluding diaryl/α,β-unsaturated/α-hetero) is 1. The Labute approximate surface area is 141 Å². The van der Waals surface area contributed by atoms with Crippen molar-refractivity contribution in [3.63, 3.8) is 0 Å². The van der Waals surface area contributed by atoms with Crippen molar-refractivity contribution in [2.24, 2.45) is 11.3 Å². The maximum Gasteiger partial charge on any atom is 0.130 e. The van der Waals surface area contributed by atoms with Crippen molar-refractivity contribution in [2.75, 3.05) is 7.11 Å². The summed E-state index contributed by atoms with van der Waals surface area (Å²) in [5.41, 5.74) is 1.48. The maximum absolute atomic E-state index is 11.8. The highest BCUT2D eigenvalue weighted by Crippen LogP contribution is 2.40. The third-order valence-electron chi connectivity index (χ3n) is 5.36. The van der Waals surface area contributed by atoms with E-state index in [2.05, 4.69) is 19.1 Å². The summed E-state index contributed by atoms with van der Waals surface area (Å²) in [6.07, 6.45) is 10.9. The van der Waals surface area contributed by atoms with Crippen LogP contribution in [0.25, 0.3) is 0 Å². The summed E-state index contributed by atoms with van der Waals surface area (Å²) in [7, 11) is 1.70. The fourth-order valence-electron chi connectivity index (χ4n) is 4.19. The molecule has 1 aliphatic carbocycles. The van der Waals surface area contributed by atoms with Gasteiger partial charge in [-0.25, -0.2) is 0 Å². The lowest BCUT2D eigenvalue weighted by molar-refractivity contribution is -0.119. The van der Waals surface area contributed by atoms with E-state index in [1.165, 1.54) is 44.1 Å². The van der Waals surface area contributed by atoms with Crippen LogP contribution >= 0.6 is 0 Å². The Bertz CT molecular complexity index is 485. The Morgan fingerprint density at radius 3 is 2.39 bits per heavy atom. The normalized spacial score (nSPS) is 18.4. The molecule has 0 unspecified atom stereocenters. The van der Waals surface area contributed by atoms with Gasteiger partial charge in [0.2, 0.25) is 0 Å². The molecule has 0 amide bonds. The molecule has 2 heteroatoms. The molecule has 1 saturated carbocycles. The monoisotopic (exact) mass is 316 g/mol. The van der Waals surface area contributed by atoms with Crippen LogP contribution in [-0.2, 0) is 11.2 Å². The second-order valence-corrected chi connectivity index (χ2v) is 7.75. The molecule has 0 aliphatic heterocycles. The minimum atomic E-state index is 0.147. The van der Waals surface area contributed by atoms with Gasteiger partial charge in [0.05, 0.1) is 7.11 Å². The zero-order valence-electron chi connectivity index (χ0n) is 15.1. The number of ether oxygens (including phenoxy) is 1. The van der Waals surface area contributed by atoms with E-state index in [0.717, 1.165) is 30.9 Å². The Kier molecular flexibility index (Phi) is 6.68. The molecule has 0 saturated heterocycles. The van der Waals surface area contributed by atoms with Gasteiger partial charge in [-0.15, -0.1) is 0 Å². The van der Waals surface area contributed by atoms with E-state index in [-0.39, 0.29) is 5.41 Å². The summed E-state index contributed by atoms with van der Waals surface area (Å²) in [4.78, 5) is 11.8. The highest BCUT2D eigenvalue weighted by molar-refractivity contribution is 5.76. The maximum atomic E-state index is 11.8. The van der Waals surface area contributed by atoms with Crippen LogP contribution in [0.3, 0.4) is 0 Å². The van der Waals surface area contributed by atoms with Crippen LogP contribution in [0.15, 0.2) is 24.3 Å². The molecule has 0 radical (unpaired) electrons. The molecule has 1 aromatic rings. The van der Waals surface area contributed by atoms with E-state index >= 15 is 0 Å². The van der Waals surface area contributed by atoms with Gasteiger partial charge in [0, 0.05) is 6.42 Å². The van der Waals surface area contributed by atoms with Crippen LogP contribution in [0.2, 0.25) is 0 Å². The molecule has 1 fully saturated rings. The van der Waals surface area contributed by atoms with Crippen LogP contribution in [0.5, 0.6) is 5.75 Å². The van der Waals surface area contributed by atoms with Gasteiger partial charge < -0.3 is 9.53 Å². The highest BCUT2D eigenvalue weighted by Gasteiger charge is 2.30. The number of benzene rings is 1. The van der Waals surface area contributed by atoms with Crippen LogP contribution in [0, 0.1) is 11.3 Å². The zero-order valence-corrected chi connectivity index (χ0v) is 15.1. The number of hydrogen-bond acceptors (Lipinski definition) is 2. The standard InChI is InChI=1S/C21H32O2/c1-17(22)15-21(2,16-19-7-5-4-6-8-19)14-13-18-9-11-20(23-3)12-10-18/h9-12,19H,4-8,13-16H2,1-3H3/t21-/m0/s1. The van der Waals surface area contributed by atoms with Gasteiger partial charge in [-0.3, -0.25) is 0 Å². The first-order chi connectivity index (χ1) is 11.0. The van der Waals surface area contributed by atoms with Gasteiger partial charge in [0.25, 0.3) is 0 Å². The van der Waals surface area contributed by atoms with E-state index in [0.29, 0.717) is 5.78 Å². The molecule has 2 rings (SSSR count). The topological polar surface area (TPSA) is 26.3 Å². The molecule has 128 valence electrons. The Morgan fingerprint density at radius 2 is 1.83 bits per heavy atom. The van der Waals surface area contributed by atoms with Crippen LogP contribution < -0.4 is 4.74 Å². The molecule has 2 nitrogen and oxygen atoms in total. The van der Waals surface area contributed by atoms with Gasteiger partial charge in [-0.05, 0) is 55.2 Å². The number of hydrogen-bond donors (Lipinski definition) is 0. The molecule has 1 aromatic carbocycles. The molecular formula is C21H32O2. The fourth-order valence-corrected chi connectivity index (χ4v) is 4.19. The summed E-state index contributed by atoms with van der Waals surface area (Å²) in [6.45, 7) is 4.07. The average molecular weight is 316 g/mol. The Morgan fingerprint density at radius 1 is 1.17 bits per heavy atom. The number of methoxy groups -OCH3 is 1. The van der Waals surface area contributed by atoms with Crippen molar-refractivity contribution >= 4 is 5.78 Å². The van der Waals surface area contributed by atoms with Gasteiger partial charge >= 0.3 is 0 Å². The van der Waals surface area contributed by atoms with Crippen LogP contribution in [0.1, 0.15) is 70.8 Å². The Hall–Kier alpha value is -1.31. The van der Waals surface area contributed by atoms with E-state index in [9.17, 15) is 4.79 Å². The number of carbonyl (C=O) groups is 1. The fraction of sp³-hybridized carbons (Fsp3) is 0.667. The van der Waals surface area contributed by atoms with Crippen molar-refractivity contribution in [2.45, 2.75) is 71.6 Å². The first kappa shape index (κ1) is 18.0. The molecule has 0 aromatic heterocycles. The first-order valence-electron chi connectivity index (χ1n) is 9.13. The SMILES string of the molecule is COc1ccc(CC[C@@](C)(CC(C)=O)CC2CCCCC2)cc1. The number of ketones is 1. The lowest BCUT2D eigenvalue weighted by Crippen LogP contribution is -2.25. The van der Waals surface area contributed by atoms with Crippen LogP contribution in [0.4, 0.5) is 0 Å². The van der Waals surface area contributed by atoms with Gasteiger partial charge in [-0.2, -0.15) is 0 Å². The first-order valence-corrected chi connectivity index (χ1v) is 9.13. The van der Waals surface area contributed by atoms with Crippen molar-refractivity contribution in [3.8, 4) is 5.75 Å². The lowest BCUT2D eigenvalue weighted by Gasteiger charge is -2.34. The van der Waals surface area contributed by atoms with E-state index < -0.39 is 0 Å². The lowest BCUT2D eigenvalue weighted by atomic mass is 9.70. The predicted octanol–water partition coefficient (Wildman–Crippen LogP) is 5.58. The third-order valence-corrected chi connectivity index (χ3v) is 5.36. The van der Waals surface area contributed by atoms with Gasteiger partial charge in [-0.1, -0.05) is 51.2 Å². The molecule has 23 heavy (non-hydrogen) atoms. The molecule has 0 spiro atoms. The summed E-state index contributed by atoms with van der Waals surface area (Å²) in [5.74, 6) is 2.06.